The molecule has 1 saturated carbocycles. The van der Waals surface area contributed by atoms with Gasteiger partial charge in [-0.1, -0.05) is 49.6 Å². The highest BCUT2D eigenvalue weighted by Crippen LogP contribution is 2.43. The highest BCUT2D eigenvalue weighted by molar-refractivity contribution is 5.82. The van der Waals surface area contributed by atoms with Crippen molar-refractivity contribution in [1.82, 2.24) is 14.5 Å². The number of benzene rings is 1. The lowest BCUT2D eigenvalue weighted by Crippen LogP contribution is -2.45. The number of amides is 1. The van der Waals surface area contributed by atoms with Gasteiger partial charge in [0, 0.05) is 32.3 Å². The zero-order valence-electron chi connectivity index (χ0n) is 16.0. The van der Waals surface area contributed by atoms with Gasteiger partial charge in [0.15, 0.2) is 0 Å². The zero-order valence-corrected chi connectivity index (χ0v) is 16.0. The molecule has 5 heteroatoms. The van der Waals surface area contributed by atoms with Crippen molar-refractivity contribution in [3.05, 3.63) is 54.1 Å². The van der Waals surface area contributed by atoms with Crippen molar-refractivity contribution in [2.24, 2.45) is 11.1 Å². The van der Waals surface area contributed by atoms with E-state index in [1.807, 2.05) is 35.6 Å². The monoisotopic (exact) mass is 366 g/mol. The molecule has 0 unspecified atom stereocenters. The van der Waals surface area contributed by atoms with Crippen molar-refractivity contribution in [3.63, 3.8) is 0 Å². The molecule has 5 nitrogen and oxygen atoms in total. The second-order valence-electron chi connectivity index (χ2n) is 8.40. The van der Waals surface area contributed by atoms with Crippen LogP contribution in [0.1, 0.15) is 49.8 Å². The number of carbonyl (C=O) groups is 1. The van der Waals surface area contributed by atoms with E-state index in [0.717, 1.165) is 31.7 Å². The minimum atomic E-state index is -0.496. The summed E-state index contributed by atoms with van der Waals surface area (Å²) in [4.78, 5) is 19.3. The Morgan fingerprint density at radius 1 is 1.15 bits per heavy atom. The molecule has 144 valence electrons. The highest BCUT2D eigenvalue weighted by Gasteiger charge is 2.41. The van der Waals surface area contributed by atoms with Gasteiger partial charge in [-0.05, 0) is 30.2 Å². The molecular formula is C22H30N4O. The lowest BCUT2D eigenvalue weighted by Gasteiger charge is -2.33. The number of aromatic nitrogens is 2. The van der Waals surface area contributed by atoms with Crippen molar-refractivity contribution in [3.8, 4) is 0 Å². The summed E-state index contributed by atoms with van der Waals surface area (Å²) in [6.07, 6.45) is 12.0. The number of likely N-dealkylation sites (tertiary alicyclic amines) is 1. The molecule has 1 saturated heterocycles. The van der Waals surface area contributed by atoms with Gasteiger partial charge >= 0.3 is 0 Å². The fraction of sp³-hybridized carbons (Fsp3) is 0.545. The fourth-order valence-corrected chi connectivity index (χ4v) is 4.77. The lowest BCUT2D eigenvalue weighted by molar-refractivity contribution is -0.132. The molecule has 2 heterocycles. The number of nitrogens with zero attached hydrogens (tertiary/aromatic N) is 3. The van der Waals surface area contributed by atoms with Crippen LogP contribution in [0.5, 0.6) is 0 Å². The highest BCUT2D eigenvalue weighted by atomic mass is 16.2. The Hall–Kier alpha value is -2.14. The Balaban J connectivity index is 1.32. The zero-order chi connectivity index (χ0) is 18.7. The third-order valence-corrected chi connectivity index (χ3v) is 6.31. The van der Waals surface area contributed by atoms with Crippen molar-refractivity contribution in [1.29, 1.82) is 0 Å². The summed E-state index contributed by atoms with van der Waals surface area (Å²) in [5.74, 6) is 0.0926. The SMILES string of the molecule is N[C@@H](Cc1cn(Cc2ccccc2)cn1)C(=O)N1CCC2(CCCCC2)C1. The number of carbonyl (C=O) groups excluding carboxylic acids is 1. The molecule has 2 aliphatic rings. The minimum absolute atomic E-state index is 0.0926. The normalized spacial score (nSPS) is 20.1. The lowest BCUT2D eigenvalue weighted by atomic mass is 9.73. The molecule has 1 aliphatic heterocycles. The van der Waals surface area contributed by atoms with E-state index in [1.165, 1.54) is 37.7 Å². The van der Waals surface area contributed by atoms with E-state index in [2.05, 4.69) is 21.7 Å². The maximum absolute atomic E-state index is 12.8. The first-order chi connectivity index (χ1) is 13.1. The van der Waals surface area contributed by atoms with Crippen molar-refractivity contribution in [2.45, 2.75) is 57.5 Å². The van der Waals surface area contributed by atoms with Gasteiger partial charge in [0.25, 0.3) is 0 Å². The van der Waals surface area contributed by atoms with Crippen LogP contribution >= 0.6 is 0 Å². The minimum Gasteiger partial charge on any atom is -0.341 e. The van der Waals surface area contributed by atoms with Crippen LogP contribution in [0.15, 0.2) is 42.9 Å². The summed E-state index contributed by atoms with van der Waals surface area (Å²) in [6.45, 7) is 2.56. The summed E-state index contributed by atoms with van der Waals surface area (Å²) < 4.78 is 2.05. The smallest absolute Gasteiger partial charge is 0.239 e. The molecule has 1 atom stereocenters. The van der Waals surface area contributed by atoms with Gasteiger partial charge in [0.2, 0.25) is 5.91 Å². The summed E-state index contributed by atoms with van der Waals surface area (Å²) in [5, 5.41) is 0. The average Bonchev–Trinajstić information content (AvgIpc) is 3.30. The van der Waals surface area contributed by atoms with Crippen LogP contribution < -0.4 is 5.73 Å². The first kappa shape index (κ1) is 18.2. The van der Waals surface area contributed by atoms with Crippen LogP contribution in [0.4, 0.5) is 0 Å². The first-order valence-electron chi connectivity index (χ1n) is 10.2. The van der Waals surface area contributed by atoms with Crippen molar-refractivity contribution < 1.29 is 4.79 Å². The summed E-state index contributed by atoms with van der Waals surface area (Å²) in [6, 6.07) is 9.80. The first-order valence-corrected chi connectivity index (χ1v) is 10.2. The van der Waals surface area contributed by atoms with Gasteiger partial charge in [-0.2, -0.15) is 0 Å². The molecule has 1 spiro atoms. The Kier molecular flexibility index (Phi) is 5.30. The van der Waals surface area contributed by atoms with Crippen LogP contribution in [0.25, 0.3) is 0 Å². The molecule has 0 bridgehead atoms. The maximum Gasteiger partial charge on any atom is 0.239 e. The van der Waals surface area contributed by atoms with E-state index < -0.39 is 6.04 Å². The van der Waals surface area contributed by atoms with Gasteiger partial charge < -0.3 is 15.2 Å². The third-order valence-electron chi connectivity index (χ3n) is 6.31. The van der Waals surface area contributed by atoms with Gasteiger partial charge in [-0.3, -0.25) is 4.79 Å². The van der Waals surface area contributed by atoms with E-state index in [-0.39, 0.29) is 5.91 Å². The third kappa shape index (κ3) is 4.24. The summed E-state index contributed by atoms with van der Waals surface area (Å²) >= 11 is 0. The molecule has 1 amide bonds. The standard InChI is InChI=1S/C22H30N4O/c23-20(21(27)26-12-11-22(16-26)9-5-2-6-10-22)13-19-15-25(17-24-19)14-18-7-3-1-4-8-18/h1,3-4,7-8,15,17,20H,2,5-6,9-14,16,23H2/t20-/m0/s1. The fourth-order valence-electron chi connectivity index (χ4n) is 4.77. The van der Waals surface area contributed by atoms with E-state index in [1.54, 1.807) is 0 Å². The predicted octanol–water partition coefficient (Wildman–Crippen LogP) is 2.98. The molecule has 1 aliphatic carbocycles. The van der Waals surface area contributed by atoms with E-state index >= 15 is 0 Å². The largest absolute Gasteiger partial charge is 0.341 e. The molecule has 2 N–H and O–H groups in total. The number of hydrogen-bond acceptors (Lipinski definition) is 3. The van der Waals surface area contributed by atoms with Gasteiger partial charge in [-0.15, -0.1) is 0 Å². The Labute approximate surface area is 161 Å². The van der Waals surface area contributed by atoms with Crippen LogP contribution in [0.3, 0.4) is 0 Å². The van der Waals surface area contributed by atoms with Gasteiger partial charge in [0.1, 0.15) is 0 Å². The van der Waals surface area contributed by atoms with Crippen LogP contribution in [0, 0.1) is 5.41 Å². The predicted molar refractivity (Wildman–Crippen MR) is 106 cm³/mol. The molecule has 4 rings (SSSR count). The quantitative estimate of drug-likeness (QED) is 0.885. The van der Waals surface area contributed by atoms with Gasteiger partial charge in [0.05, 0.1) is 18.1 Å². The molecule has 27 heavy (non-hydrogen) atoms. The Morgan fingerprint density at radius 2 is 1.93 bits per heavy atom. The molecular weight excluding hydrogens is 336 g/mol. The number of nitrogens with two attached hydrogens (primary N) is 1. The number of hydrogen-bond donors (Lipinski definition) is 1. The second-order valence-corrected chi connectivity index (χ2v) is 8.40. The molecule has 1 aromatic heterocycles. The van der Waals surface area contributed by atoms with E-state index in [0.29, 0.717) is 11.8 Å². The van der Waals surface area contributed by atoms with Crippen molar-refractivity contribution >= 4 is 5.91 Å². The molecule has 2 fully saturated rings. The Bertz CT molecular complexity index is 764. The molecule has 0 radical (unpaired) electrons. The Morgan fingerprint density at radius 3 is 2.70 bits per heavy atom. The van der Waals surface area contributed by atoms with Gasteiger partial charge in [-0.25, -0.2) is 4.98 Å². The maximum atomic E-state index is 12.8. The topological polar surface area (TPSA) is 64.2 Å². The van der Waals surface area contributed by atoms with Crippen LogP contribution in [-0.4, -0.2) is 39.5 Å². The van der Waals surface area contributed by atoms with Crippen LogP contribution in [0.2, 0.25) is 0 Å². The number of imidazole rings is 1. The summed E-state index contributed by atoms with van der Waals surface area (Å²) in [5.41, 5.74) is 8.77. The van der Waals surface area contributed by atoms with Crippen LogP contribution in [-0.2, 0) is 17.8 Å². The van der Waals surface area contributed by atoms with Crippen molar-refractivity contribution in [2.75, 3.05) is 13.1 Å². The average molecular weight is 367 g/mol. The van der Waals surface area contributed by atoms with E-state index in [9.17, 15) is 4.79 Å². The molecule has 2 aromatic rings. The molecule has 1 aromatic carbocycles. The number of rotatable bonds is 5. The second kappa shape index (κ2) is 7.85. The summed E-state index contributed by atoms with van der Waals surface area (Å²) in [7, 11) is 0. The van der Waals surface area contributed by atoms with E-state index in [4.69, 9.17) is 5.73 Å².